The second kappa shape index (κ2) is 15.8. The highest BCUT2D eigenvalue weighted by atomic mass is 16.3. The van der Waals surface area contributed by atoms with Crippen molar-refractivity contribution in [2.75, 3.05) is 19.6 Å². The lowest BCUT2D eigenvalue weighted by molar-refractivity contribution is -0.137. The molecule has 3 atom stereocenters. The number of aliphatic hydroxyl groups is 1. The Bertz CT molecular complexity index is 800. The molecule has 0 aliphatic carbocycles. The van der Waals surface area contributed by atoms with Crippen molar-refractivity contribution in [1.82, 2.24) is 20.9 Å². The van der Waals surface area contributed by atoms with Crippen molar-refractivity contribution in [3.05, 3.63) is 12.2 Å². The molecule has 0 aromatic heterocycles. The van der Waals surface area contributed by atoms with Gasteiger partial charge in [-0.05, 0) is 45.6 Å². The Kier molecular flexibility index (Phi) is 13.5. The van der Waals surface area contributed by atoms with Crippen molar-refractivity contribution in [3.63, 3.8) is 0 Å². The molecule has 12 nitrogen and oxygen atoms in total. The summed E-state index contributed by atoms with van der Waals surface area (Å²) in [7, 11) is 1.32. The molecule has 1 heterocycles. The minimum Gasteiger partial charge on any atom is -0.391 e. The first-order chi connectivity index (χ1) is 16.6. The van der Waals surface area contributed by atoms with E-state index in [9.17, 15) is 33.9 Å². The summed E-state index contributed by atoms with van der Waals surface area (Å²) in [5, 5.41) is 17.5. The molecule has 194 valence electrons. The van der Waals surface area contributed by atoms with E-state index in [1.807, 2.05) is 0 Å². The van der Waals surface area contributed by atoms with Gasteiger partial charge in [-0.25, -0.2) is 0 Å². The second-order valence-electron chi connectivity index (χ2n) is 8.52. The van der Waals surface area contributed by atoms with Gasteiger partial charge in [0.15, 0.2) is 7.85 Å². The average molecular weight is 493 g/mol. The molecular formula is C22H36BN5O7. The van der Waals surface area contributed by atoms with Crippen molar-refractivity contribution < 1.29 is 33.9 Å². The van der Waals surface area contributed by atoms with Gasteiger partial charge in [-0.1, -0.05) is 6.42 Å². The Morgan fingerprint density at radius 1 is 1.00 bits per heavy atom. The molecule has 1 rings (SSSR count). The third-order valence-corrected chi connectivity index (χ3v) is 5.36. The monoisotopic (exact) mass is 493 g/mol. The van der Waals surface area contributed by atoms with Crippen molar-refractivity contribution in [2.45, 2.75) is 70.1 Å². The zero-order chi connectivity index (χ0) is 26.4. The van der Waals surface area contributed by atoms with Gasteiger partial charge < -0.3 is 31.6 Å². The largest absolute Gasteiger partial charge is 0.391 e. The molecule has 5 amide bonds. The highest BCUT2D eigenvalue weighted by molar-refractivity contribution is 6.58. The Morgan fingerprint density at radius 2 is 1.66 bits per heavy atom. The summed E-state index contributed by atoms with van der Waals surface area (Å²) in [5.41, 5.74) is 5.25. The molecule has 13 heteroatoms. The number of nitrogens with zero attached hydrogens (tertiary/aromatic N) is 1. The third-order valence-electron chi connectivity index (χ3n) is 5.36. The van der Waals surface area contributed by atoms with E-state index in [-0.39, 0.29) is 43.4 Å². The molecule has 0 radical (unpaired) electrons. The van der Waals surface area contributed by atoms with E-state index in [1.165, 1.54) is 26.9 Å². The fourth-order valence-corrected chi connectivity index (χ4v) is 3.39. The van der Waals surface area contributed by atoms with Crippen LogP contribution >= 0.6 is 0 Å². The van der Waals surface area contributed by atoms with Crippen molar-refractivity contribution >= 4 is 43.1 Å². The van der Waals surface area contributed by atoms with E-state index >= 15 is 0 Å². The molecule has 0 saturated heterocycles. The summed E-state index contributed by atoms with van der Waals surface area (Å²) in [5.74, 6) is -2.42. The minimum absolute atomic E-state index is 0.0790. The van der Waals surface area contributed by atoms with Crippen molar-refractivity contribution in [3.8, 4) is 0 Å². The standard InChI is InChI=1S/C22H36BN5O7/c1-14(29)20(22(35)26-15(7-4-5-11-24)21(34)25-13-16(23)30)27-17(31)8-3-2-6-12-28-18(32)9-10-19(28)33/h9-10,14-15,20,29H,2-8,11-13,23-24H2,1H3,(H,25,34)(H,26,35)(H,27,31)/t14-,15+,20+/m1/s1. The van der Waals surface area contributed by atoms with Crippen LogP contribution < -0.4 is 21.7 Å². The van der Waals surface area contributed by atoms with Crippen LogP contribution in [0.4, 0.5) is 0 Å². The summed E-state index contributed by atoms with van der Waals surface area (Å²) in [6, 6.07) is -2.22. The Balaban J connectivity index is 2.54. The highest BCUT2D eigenvalue weighted by Gasteiger charge is 2.29. The predicted octanol–water partition coefficient (Wildman–Crippen LogP) is -2.77. The van der Waals surface area contributed by atoms with Gasteiger partial charge >= 0.3 is 0 Å². The highest BCUT2D eigenvalue weighted by Crippen LogP contribution is 2.08. The molecular weight excluding hydrogens is 457 g/mol. The average Bonchev–Trinajstić information content (AvgIpc) is 3.11. The molecule has 1 aliphatic heterocycles. The number of rotatable bonds is 17. The molecule has 0 bridgehead atoms. The maximum atomic E-state index is 12.8. The van der Waals surface area contributed by atoms with Gasteiger partial charge in [0.1, 0.15) is 17.8 Å². The number of unbranched alkanes of at least 4 members (excludes halogenated alkanes) is 3. The van der Waals surface area contributed by atoms with Gasteiger partial charge in [-0.3, -0.25) is 28.9 Å². The molecule has 6 N–H and O–H groups in total. The third kappa shape index (κ3) is 11.3. The lowest BCUT2D eigenvalue weighted by atomic mass is 10.0. The minimum atomic E-state index is -1.27. The summed E-state index contributed by atoms with van der Waals surface area (Å²) in [6.07, 6.45) is 4.34. The van der Waals surface area contributed by atoms with Gasteiger partial charge in [0.25, 0.3) is 11.8 Å². The van der Waals surface area contributed by atoms with Crippen molar-refractivity contribution in [1.29, 1.82) is 0 Å². The second-order valence-corrected chi connectivity index (χ2v) is 8.52. The van der Waals surface area contributed by atoms with Gasteiger partial charge in [-0.2, -0.15) is 0 Å². The number of nitrogens with two attached hydrogens (primary N) is 1. The molecule has 0 saturated carbocycles. The number of nitrogens with one attached hydrogen (secondary N) is 3. The Labute approximate surface area is 205 Å². The van der Waals surface area contributed by atoms with Crippen LogP contribution in [0, 0.1) is 0 Å². The van der Waals surface area contributed by atoms with Crippen LogP contribution in [0.1, 0.15) is 51.9 Å². The lowest BCUT2D eigenvalue weighted by Gasteiger charge is -2.24. The zero-order valence-corrected chi connectivity index (χ0v) is 20.4. The quantitative estimate of drug-likeness (QED) is 0.0818. The SMILES string of the molecule is BC(=O)CNC(=O)[C@H](CCCCN)NC(=O)[C@@H](NC(=O)CCCCCN1C(=O)C=CC1=O)[C@@H](C)O. The molecule has 0 unspecified atom stereocenters. The number of hydrogen-bond acceptors (Lipinski definition) is 8. The molecule has 35 heavy (non-hydrogen) atoms. The van der Waals surface area contributed by atoms with E-state index < -0.39 is 35.9 Å². The topological polar surface area (TPSA) is 188 Å². The van der Waals surface area contributed by atoms with Crippen LogP contribution in [0.2, 0.25) is 0 Å². The molecule has 0 aromatic rings. The zero-order valence-electron chi connectivity index (χ0n) is 20.4. The van der Waals surface area contributed by atoms with Crippen LogP contribution in [0.3, 0.4) is 0 Å². The van der Waals surface area contributed by atoms with Gasteiger partial charge in [-0.15, -0.1) is 0 Å². The maximum Gasteiger partial charge on any atom is 0.253 e. The van der Waals surface area contributed by atoms with E-state index in [1.54, 1.807) is 0 Å². The lowest BCUT2D eigenvalue weighted by Crippen LogP contribution is -2.57. The predicted molar refractivity (Wildman–Crippen MR) is 129 cm³/mol. The van der Waals surface area contributed by atoms with Crippen LogP contribution in [-0.2, 0) is 28.8 Å². The van der Waals surface area contributed by atoms with E-state index in [2.05, 4.69) is 16.0 Å². The summed E-state index contributed by atoms with van der Waals surface area (Å²) >= 11 is 0. The molecule has 0 spiro atoms. The fraction of sp³-hybridized carbons (Fsp3) is 0.636. The van der Waals surface area contributed by atoms with Crippen LogP contribution in [0.5, 0.6) is 0 Å². The molecule has 0 fully saturated rings. The van der Waals surface area contributed by atoms with E-state index in [0.29, 0.717) is 38.6 Å². The van der Waals surface area contributed by atoms with Crippen LogP contribution in [-0.4, -0.2) is 90.9 Å². The Hall–Kier alpha value is -3.06. The first kappa shape index (κ1) is 30.0. The normalized spacial score (nSPS) is 15.5. The number of imide groups is 1. The van der Waals surface area contributed by atoms with Gasteiger partial charge in [0.2, 0.25) is 17.7 Å². The van der Waals surface area contributed by atoms with E-state index in [0.717, 1.165) is 4.90 Å². The van der Waals surface area contributed by atoms with E-state index in [4.69, 9.17) is 5.73 Å². The fourth-order valence-electron chi connectivity index (χ4n) is 3.39. The van der Waals surface area contributed by atoms with Gasteiger partial charge in [0, 0.05) is 25.1 Å². The number of hydrogen-bond donors (Lipinski definition) is 5. The van der Waals surface area contributed by atoms with Gasteiger partial charge in [0.05, 0.1) is 12.6 Å². The smallest absolute Gasteiger partial charge is 0.253 e. The first-order valence-electron chi connectivity index (χ1n) is 11.8. The number of carbonyl (C=O) groups excluding carboxylic acids is 6. The number of carbonyl (C=O) groups is 6. The number of aliphatic hydroxyl groups excluding tert-OH is 1. The maximum absolute atomic E-state index is 12.8. The van der Waals surface area contributed by atoms with Crippen LogP contribution in [0.15, 0.2) is 12.2 Å². The number of amides is 5. The molecule has 0 aromatic carbocycles. The summed E-state index contributed by atoms with van der Waals surface area (Å²) in [6.45, 7) is 1.86. The first-order valence-corrected chi connectivity index (χ1v) is 11.8. The summed E-state index contributed by atoms with van der Waals surface area (Å²) < 4.78 is 0. The van der Waals surface area contributed by atoms with Crippen LogP contribution in [0.25, 0.3) is 0 Å². The summed E-state index contributed by atoms with van der Waals surface area (Å²) in [4.78, 5) is 72.8. The Morgan fingerprint density at radius 3 is 2.23 bits per heavy atom. The molecule has 1 aliphatic rings. The van der Waals surface area contributed by atoms with Crippen molar-refractivity contribution in [2.24, 2.45) is 5.73 Å².